The molecule has 0 bridgehead atoms. The van der Waals surface area contributed by atoms with E-state index in [-0.39, 0.29) is 38.2 Å². The molecular formula is C49H67N8O9P. The maximum Gasteiger partial charge on any atom is 0.408 e. The van der Waals surface area contributed by atoms with E-state index in [4.69, 9.17) is 10.5 Å². The Kier molecular flexibility index (Phi) is 20.8. The average Bonchev–Trinajstić information content (AvgIpc) is 3.82. The van der Waals surface area contributed by atoms with Crippen molar-refractivity contribution in [2.24, 2.45) is 29.4 Å². The summed E-state index contributed by atoms with van der Waals surface area (Å²) in [5, 5.41) is 13.6. The number of alkyl carbamates (subject to hydrolysis) is 1. The molecular weight excluding hydrogens is 876 g/mol. The summed E-state index contributed by atoms with van der Waals surface area (Å²) in [6.45, 7) is 10.6. The minimum Gasteiger partial charge on any atom is -0.445 e. The van der Waals surface area contributed by atoms with E-state index in [1.54, 1.807) is 93.6 Å². The van der Waals surface area contributed by atoms with Crippen LogP contribution in [-0.4, -0.2) is 86.6 Å². The molecule has 4 aromatic rings. The first-order valence-corrected chi connectivity index (χ1v) is 24.6. The number of hydrogen-bond acceptors (Lipinski definition) is 9. The Bertz CT molecular complexity index is 2250. The molecule has 1 heterocycles. The highest BCUT2D eigenvalue weighted by molar-refractivity contribution is 7.58. The van der Waals surface area contributed by atoms with Gasteiger partial charge in [-0.1, -0.05) is 139 Å². The van der Waals surface area contributed by atoms with Gasteiger partial charge in [-0.25, -0.2) is 9.78 Å². The molecule has 362 valence electrons. The molecule has 0 aliphatic rings. The summed E-state index contributed by atoms with van der Waals surface area (Å²) >= 11 is 0. The van der Waals surface area contributed by atoms with Crippen LogP contribution in [0.1, 0.15) is 76.8 Å². The van der Waals surface area contributed by atoms with Crippen LogP contribution < -0.4 is 32.3 Å². The standard InChI is InChI=1S/C49H67N8O9P/c1-7-33(6)43(48(62)53-39(44(50)58)24-34-17-11-8-12-18-34)57-45(59)38(32(4)5)29-67(64,65)42(23-31(2)3)56-47(61)41(26-37-27-51-30-52-37)54-46(60)40(25-35-19-13-9-14-20-35)55-49(63)66-28-36-21-15-10-16-22-36/h8-22,27,30-33,38-43H,7,23-26,28-29H2,1-6H3,(H2,50,58)(H,51,52)(H,53,62)(H,54,60)(H,55,63)(H,56,61)(H,57,59)(H,64,65)/t33-,38?,39-,40-,41-,42?,43-/m0/s1. The van der Waals surface area contributed by atoms with E-state index in [2.05, 4.69) is 36.6 Å². The van der Waals surface area contributed by atoms with Gasteiger partial charge in [0.2, 0.25) is 36.9 Å². The fraction of sp³-hybridized carbons (Fsp3) is 0.449. The van der Waals surface area contributed by atoms with E-state index in [0.717, 1.165) is 16.7 Å². The summed E-state index contributed by atoms with van der Waals surface area (Å²) in [6, 6.07) is 22.3. The van der Waals surface area contributed by atoms with Gasteiger partial charge in [0.25, 0.3) is 0 Å². The van der Waals surface area contributed by atoms with Gasteiger partial charge < -0.3 is 46.9 Å². The number of carbonyl (C=O) groups is 6. The zero-order valence-electron chi connectivity index (χ0n) is 39.1. The van der Waals surface area contributed by atoms with E-state index >= 15 is 0 Å². The van der Waals surface area contributed by atoms with Gasteiger partial charge in [-0.3, -0.25) is 28.5 Å². The summed E-state index contributed by atoms with van der Waals surface area (Å²) in [4.78, 5) is 101. The molecule has 0 aliphatic heterocycles. The highest BCUT2D eigenvalue weighted by Gasteiger charge is 2.41. The van der Waals surface area contributed by atoms with Gasteiger partial charge in [-0.15, -0.1) is 0 Å². The van der Waals surface area contributed by atoms with Gasteiger partial charge >= 0.3 is 6.09 Å². The number of amides is 6. The molecule has 9 N–H and O–H groups in total. The molecule has 3 aromatic carbocycles. The predicted molar refractivity (Wildman–Crippen MR) is 255 cm³/mol. The number of ether oxygens (including phenoxy) is 1. The molecule has 18 heteroatoms. The molecule has 6 amide bonds. The molecule has 0 saturated heterocycles. The molecule has 0 spiro atoms. The minimum absolute atomic E-state index is 0.0376. The molecule has 4 rings (SSSR count). The number of hydrogen-bond donors (Lipinski definition) is 8. The number of nitrogens with zero attached hydrogens (tertiary/aromatic N) is 1. The lowest BCUT2D eigenvalue weighted by atomic mass is 9.93. The fourth-order valence-electron chi connectivity index (χ4n) is 7.40. The first-order valence-electron chi connectivity index (χ1n) is 22.7. The zero-order chi connectivity index (χ0) is 49.1. The van der Waals surface area contributed by atoms with Crippen LogP contribution in [-0.2, 0) is 59.1 Å². The van der Waals surface area contributed by atoms with Crippen molar-refractivity contribution < 1.29 is 43.0 Å². The number of nitrogens with two attached hydrogens (primary N) is 1. The van der Waals surface area contributed by atoms with E-state index in [9.17, 15) is 38.2 Å². The van der Waals surface area contributed by atoms with Crippen molar-refractivity contribution in [1.29, 1.82) is 0 Å². The van der Waals surface area contributed by atoms with Crippen LogP contribution in [0.3, 0.4) is 0 Å². The number of primary amides is 1. The number of nitrogens with one attached hydrogen (secondary N) is 6. The van der Waals surface area contributed by atoms with Crippen molar-refractivity contribution in [3.8, 4) is 0 Å². The number of aromatic amines is 1. The molecule has 0 saturated carbocycles. The van der Waals surface area contributed by atoms with Crippen LogP contribution in [0, 0.1) is 23.7 Å². The normalized spacial score (nSPS) is 15.4. The lowest BCUT2D eigenvalue weighted by molar-refractivity contribution is -0.134. The Morgan fingerprint density at radius 1 is 0.687 bits per heavy atom. The fourth-order valence-corrected chi connectivity index (χ4v) is 9.89. The van der Waals surface area contributed by atoms with Crippen molar-refractivity contribution in [3.05, 3.63) is 126 Å². The first-order chi connectivity index (χ1) is 31.9. The number of H-pyrrole nitrogens is 1. The lowest BCUT2D eigenvalue weighted by Crippen LogP contribution is -2.57. The molecule has 8 atom stereocenters. The van der Waals surface area contributed by atoms with Crippen molar-refractivity contribution in [2.45, 2.75) is 110 Å². The largest absolute Gasteiger partial charge is 0.445 e. The number of aromatic nitrogens is 2. The van der Waals surface area contributed by atoms with Gasteiger partial charge in [-0.05, 0) is 40.9 Å². The van der Waals surface area contributed by atoms with Crippen molar-refractivity contribution >= 4 is 43.0 Å². The molecule has 17 nitrogen and oxygen atoms in total. The smallest absolute Gasteiger partial charge is 0.408 e. The molecule has 0 radical (unpaired) electrons. The minimum atomic E-state index is -4.47. The summed E-state index contributed by atoms with van der Waals surface area (Å²) in [5.41, 5.74) is 8.39. The average molecular weight is 943 g/mol. The van der Waals surface area contributed by atoms with Crippen molar-refractivity contribution in [3.63, 3.8) is 0 Å². The van der Waals surface area contributed by atoms with E-state index < -0.39 is 96.9 Å². The van der Waals surface area contributed by atoms with Crippen LogP contribution in [0.2, 0.25) is 0 Å². The second-order valence-corrected chi connectivity index (χ2v) is 20.3. The quantitative estimate of drug-likeness (QED) is 0.0401. The van der Waals surface area contributed by atoms with Gasteiger partial charge in [0.05, 0.1) is 6.33 Å². The highest BCUT2D eigenvalue weighted by atomic mass is 31.2. The Hall–Kier alpha value is -6.32. The highest BCUT2D eigenvalue weighted by Crippen LogP contribution is 2.50. The summed E-state index contributed by atoms with van der Waals surface area (Å²) < 4.78 is 20.1. The summed E-state index contributed by atoms with van der Waals surface area (Å²) in [6.07, 6.45) is 2.07. The van der Waals surface area contributed by atoms with Crippen LogP contribution in [0.5, 0.6) is 0 Å². The maximum atomic E-state index is 14.6. The van der Waals surface area contributed by atoms with Crippen molar-refractivity contribution in [1.82, 2.24) is 36.6 Å². The number of rotatable bonds is 26. The van der Waals surface area contributed by atoms with Gasteiger partial charge in [0.1, 0.15) is 36.6 Å². The monoisotopic (exact) mass is 942 g/mol. The van der Waals surface area contributed by atoms with Crippen LogP contribution >= 0.6 is 7.37 Å². The van der Waals surface area contributed by atoms with Gasteiger partial charge in [0, 0.05) is 43.2 Å². The number of carbonyl (C=O) groups excluding carboxylic acids is 6. The molecule has 1 aromatic heterocycles. The third-order valence-corrected chi connectivity index (χ3v) is 13.8. The third-order valence-electron chi connectivity index (χ3n) is 11.5. The Labute approximate surface area is 393 Å². The van der Waals surface area contributed by atoms with Gasteiger partial charge in [0.15, 0.2) is 0 Å². The Morgan fingerprint density at radius 2 is 1.21 bits per heavy atom. The summed E-state index contributed by atoms with van der Waals surface area (Å²) in [5.74, 6) is -7.08. The van der Waals surface area contributed by atoms with E-state index in [1.807, 2.05) is 39.0 Å². The van der Waals surface area contributed by atoms with Crippen LogP contribution in [0.25, 0.3) is 0 Å². The third kappa shape index (κ3) is 17.4. The molecule has 3 unspecified atom stereocenters. The van der Waals surface area contributed by atoms with E-state index in [1.165, 1.54) is 12.5 Å². The second kappa shape index (κ2) is 26.1. The Morgan fingerprint density at radius 3 is 1.72 bits per heavy atom. The first kappa shape index (κ1) is 53.3. The lowest BCUT2D eigenvalue weighted by Gasteiger charge is -2.32. The topological polar surface area (TPSA) is 264 Å². The van der Waals surface area contributed by atoms with E-state index in [0.29, 0.717) is 12.1 Å². The SMILES string of the molecule is CC[C@H](C)[C@H](NC(=O)C(CP(=O)(O)C(CC(C)C)NC(=O)[C@H](Cc1cnc[nH]1)NC(=O)[C@H](Cc1ccccc1)NC(=O)OCc1ccccc1)C(C)C)C(=O)N[C@@H](Cc1ccccc1)C(N)=O. The Balaban J connectivity index is 1.55. The predicted octanol–water partition coefficient (Wildman–Crippen LogP) is 4.75. The van der Waals surface area contributed by atoms with Gasteiger partial charge in [-0.2, -0.15) is 0 Å². The maximum absolute atomic E-state index is 14.6. The number of benzene rings is 3. The second-order valence-electron chi connectivity index (χ2n) is 17.8. The van der Waals surface area contributed by atoms with Crippen LogP contribution in [0.15, 0.2) is 104 Å². The van der Waals surface area contributed by atoms with Crippen LogP contribution in [0.4, 0.5) is 4.79 Å². The molecule has 0 aliphatic carbocycles. The van der Waals surface area contributed by atoms with Crippen molar-refractivity contribution in [2.75, 3.05) is 6.16 Å². The molecule has 67 heavy (non-hydrogen) atoms. The summed E-state index contributed by atoms with van der Waals surface area (Å²) in [7, 11) is -4.47. The zero-order valence-corrected chi connectivity index (χ0v) is 40.0. The number of imidazole rings is 1. The molecule has 0 fully saturated rings.